The van der Waals surface area contributed by atoms with Crippen molar-refractivity contribution in [3.05, 3.63) is 83.4 Å². The predicted octanol–water partition coefficient (Wildman–Crippen LogP) is 4.88. The van der Waals surface area contributed by atoms with E-state index in [1.54, 1.807) is 61.5 Å². The van der Waals surface area contributed by atoms with Gasteiger partial charge in [0, 0.05) is 23.2 Å². The van der Waals surface area contributed by atoms with Crippen molar-refractivity contribution >= 4 is 39.1 Å². The van der Waals surface area contributed by atoms with Crippen LogP contribution in [0.5, 0.6) is 11.5 Å². The molecular weight excluding hydrogens is 566 g/mol. The summed E-state index contributed by atoms with van der Waals surface area (Å²) in [5, 5.41) is 3.31. The molecule has 0 fully saturated rings. The summed E-state index contributed by atoms with van der Waals surface area (Å²) in [5.41, 5.74) is 0.157. The molecule has 41 heavy (non-hydrogen) atoms. The lowest BCUT2D eigenvalue weighted by atomic mass is 10.1. The van der Waals surface area contributed by atoms with Crippen LogP contribution in [0.3, 0.4) is 0 Å². The van der Waals surface area contributed by atoms with Crippen molar-refractivity contribution in [2.45, 2.75) is 50.7 Å². The van der Waals surface area contributed by atoms with Crippen LogP contribution in [-0.4, -0.2) is 57.5 Å². The summed E-state index contributed by atoms with van der Waals surface area (Å²) < 4.78 is 39.8. The Balaban J connectivity index is 2.13. The van der Waals surface area contributed by atoms with Crippen molar-refractivity contribution in [1.82, 2.24) is 10.2 Å². The number of hydrogen-bond donors (Lipinski definition) is 1. The minimum Gasteiger partial charge on any atom is -0.497 e. The van der Waals surface area contributed by atoms with Gasteiger partial charge in [0.15, 0.2) is 0 Å². The first-order valence-corrected chi connectivity index (χ1v) is 14.7. The predicted molar refractivity (Wildman–Crippen MR) is 160 cm³/mol. The minimum absolute atomic E-state index is 0.0196. The second kappa shape index (κ2) is 13.3. The molecule has 0 aromatic heterocycles. The Bertz CT molecular complexity index is 1480. The van der Waals surface area contributed by atoms with Gasteiger partial charge in [0.05, 0.1) is 24.8 Å². The van der Waals surface area contributed by atoms with Crippen LogP contribution in [0.25, 0.3) is 0 Å². The van der Waals surface area contributed by atoms with Crippen LogP contribution in [0.1, 0.15) is 33.3 Å². The highest BCUT2D eigenvalue weighted by molar-refractivity contribution is 7.92. The number of hydrogen-bond acceptors (Lipinski definition) is 6. The molecule has 1 N–H and O–H groups in total. The molecule has 1 atom stereocenters. The molecule has 0 spiro atoms. The quantitative estimate of drug-likeness (QED) is 0.336. The number of methoxy groups -OCH3 is 2. The van der Waals surface area contributed by atoms with Crippen molar-refractivity contribution in [1.29, 1.82) is 0 Å². The van der Waals surface area contributed by atoms with E-state index in [9.17, 15) is 18.0 Å². The van der Waals surface area contributed by atoms with Gasteiger partial charge in [-0.05, 0) is 63.6 Å². The first-order valence-electron chi connectivity index (χ1n) is 12.9. The van der Waals surface area contributed by atoms with Crippen LogP contribution in [0.2, 0.25) is 5.02 Å². The lowest BCUT2D eigenvalue weighted by molar-refractivity contribution is -0.140. The highest BCUT2D eigenvalue weighted by Gasteiger charge is 2.35. The second-order valence-corrected chi connectivity index (χ2v) is 12.7. The third-order valence-corrected chi connectivity index (χ3v) is 8.37. The molecular formula is C30H36ClN3O6S. The maximum atomic E-state index is 14.1. The van der Waals surface area contributed by atoms with Gasteiger partial charge < -0.3 is 19.7 Å². The smallest absolute Gasteiger partial charge is 0.264 e. The average Bonchev–Trinajstić information content (AvgIpc) is 2.94. The van der Waals surface area contributed by atoms with Crippen molar-refractivity contribution in [2.75, 3.05) is 25.1 Å². The molecule has 11 heteroatoms. The largest absolute Gasteiger partial charge is 0.497 e. The zero-order chi connectivity index (χ0) is 30.4. The number of anilines is 1. The molecule has 220 valence electrons. The molecule has 0 aliphatic rings. The fraction of sp³-hybridized carbons (Fsp3) is 0.333. The number of benzene rings is 3. The van der Waals surface area contributed by atoms with E-state index < -0.39 is 40.0 Å². The Labute approximate surface area is 247 Å². The Kier molecular flexibility index (Phi) is 10.3. The number of carbonyl (C=O) groups is 2. The summed E-state index contributed by atoms with van der Waals surface area (Å²) in [6.07, 6.45) is 0. The van der Waals surface area contributed by atoms with Crippen LogP contribution in [0.4, 0.5) is 5.69 Å². The number of nitrogens with one attached hydrogen (secondary N) is 1. The van der Waals surface area contributed by atoms with E-state index in [-0.39, 0.29) is 22.9 Å². The van der Waals surface area contributed by atoms with E-state index in [0.717, 1.165) is 4.31 Å². The standard InChI is InChI=1S/C30H36ClN3O6S/c1-21(29(36)32-30(2,3)4)33(19-22-12-10-11-15-25(22)31)28(35)20-34(41(37,38)24-13-8-7-9-14-24)26-18-23(39-5)16-17-27(26)40-6/h7-18,21H,19-20H2,1-6H3,(H,32,36)/t21-/m0/s1. The summed E-state index contributed by atoms with van der Waals surface area (Å²) in [6.45, 7) is 6.45. The molecule has 0 saturated carbocycles. The van der Waals surface area contributed by atoms with Crippen molar-refractivity contribution in [2.24, 2.45) is 0 Å². The Morgan fingerprint density at radius 2 is 1.59 bits per heavy atom. The molecule has 0 aliphatic heterocycles. The van der Waals surface area contributed by atoms with Gasteiger partial charge in [0.1, 0.15) is 24.1 Å². The summed E-state index contributed by atoms with van der Waals surface area (Å²) in [5.74, 6) is -0.429. The molecule has 0 heterocycles. The highest BCUT2D eigenvalue weighted by Crippen LogP contribution is 2.36. The third-order valence-electron chi connectivity index (χ3n) is 6.23. The van der Waals surface area contributed by atoms with Crippen LogP contribution >= 0.6 is 11.6 Å². The third kappa shape index (κ3) is 7.92. The molecule has 3 aromatic carbocycles. The van der Waals surface area contributed by atoms with Crippen LogP contribution in [-0.2, 0) is 26.2 Å². The number of ether oxygens (including phenoxy) is 2. The Morgan fingerprint density at radius 1 is 0.951 bits per heavy atom. The monoisotopic (exact) mass is 601 g/mol. The molecule has 0 aliphatic carbocycles. The van der Waals surface area contributed by atoms with Gasteiger partial charge in [-0.15, -0.1) is 0 Å². The van der Waals surface area contributed by atoms with Crippen molar-refractivity contribution in [3.63, 3.8) is 0 Å². The van der Waals surface area contributed by atoms with E-state index in [4.69, 9.17) is 21.1 Å². The van der Waals surface area contributed by atoms with Crippen LogP contribution in [0.15, 0.2) is 77.7 Å². The minimum atomic E-state index is -4.27. The Morgan fingerprint density at radius 3 is 2.17 bits per heavy atom. The van der Waals surface area contributed by atoms with Gasteiger partial charge in [-0.25, -0.2) is 8.42 Å². The second-order valence-electron chi connectivity index (χ2n) is 10.4. The summed E-state index contributed by atoms with van der Waals surface area (Å²) in [4.78, 5) is 28.6. The SMILES string of the molecule is COc1ccc(OC)c(N(CC(=O)N(Cc2ccccc2Cl)[C@@H](C)C(=O)NC(C)(C)C)S(=O)(=O)c2ccccc2)c1. The van der Waals surface area contributed by atoms with Crippen LogP contribution < -0.4 is 19.1 Å². The molecule has 0 bridgehead atoms. The number of amides is 2. The van der Waals surface area contributed by atoms with Gasteiger partial charge in [-0.1, -0.05) is 48.0 Å². The molecule has 0 radical (unpaired) electrons. The lowest BCUT2D eigenvalue weighted by Gasteiger charge is -2.34. The fourth-order valence-corrected chi connectivity index (χ4v) is 5.72. The van der Waals surface area contributed by atoms with Gasteiger partial charge in [-0.3, -0.25) is 13.9 Å². The number of rotatable bonds is 11. The normalized spacial score (nSPS) is 12.3. The zero-order valence-electron chi connectivity index (χ0n) is 24.0. The van der Waals surface area contributed by atoms with Gasteiger partial charge in [0.2, 0.25) is 11.8 Å². The highest BCUT2D eigenvalue weighted by atomic mass is 35.5. The van der Waals surface area contributed by atoms with Gasteiger partial charge in [-0.2, -0.15) is 0 Å². The Hall–Kier alpha value is -3.76. The first kappa shape index (κ1) is 31.8. The average molecular weight is 602 g/mol. The van der Waals surface area contributed by atoms with Crippen LogP contribution in [0, 0.1) is 0 Å². The number of carbonyl (C=O) groups excluding carboxylic acids is 2. The topological polar surface area (TPSA) is 105 Å². The maximum Gasteiger partial charge on any atom is 0.264 e. The van der Waals surface area contributed by atoms with Crippen molar-refractivity contribution in [3.8, 4) is 11.5 Å². The molecule has 3 rings (SSSR count). The van der Waals surface area contributed by atoms with Gasteiger partial charge in [0.25, 0.3) is 10.0 Å². The molecule has 0 saturated heterocycles. The van der Waals surface area contributed by atoms with E-state index in [1.165, 1.54) is 37.3 Å². The molecule has 3 aromatic rings. The van der Waals surface area contributed by atoms with Crippen molar-refractivity contribution < 1.29 is 27.5 Å². The first-order chi connectivity index (χ1) is 19.3. The molecule has 2 amide bonds. The summed E-state index contributed by atoms with van der Waals surface area (Å²) in [7, 11) is -1.41. The lowest BCUT2D eigenvalue weighted by Crippen LogP contribution is -2.54. The number of sulfonamides is 1. The van der Waals surface area contributed by atoms with E-state index in [1.807, 2.05) is 20.8 Å². The van der Waals surface area contributed by atoms with Gasteiger partial charge >= 0.3 is 0 Å². The van der Waals surface area contributed by atoms with E-state index in [0.29, 0.717) is 16.3 Å². The summed E-state index contributed by atoms with van der Waals surface area (Å²) in [6, 6.07) is 18.5. The zero-order valence-corrected chi connectivity index (χ0v) is 25.6. The maximum absolute atomic E-state index is 14.1. The summed E-state index contributed by atoms with van der Waals surface area (Å²) >= 11 is 6.42. The van der Waals surface area contributed by atoms with E-state index in [2.05, 4.69) is 5.32 Å². The molecule has 0 unspecified atom stereocenters. The number of nitrogens with zero attached hydrogens (tertiary/aromatic N) is 2. The number of halogens is 1. The fourth-order valence-electron chi connectivity index (χ4n) is 4.09. The molecule has 9 nitrogen and oxygen atoms in total. The van der Waals surface area contributed by atoms with E-state index >= 15 is 0 Å².